The lowest BCUT2D eigenvalue weighted by atomic mass is 10.1. The van der Waals surface area contributed by atoms with E-state index in [0.29, 0.717) is 11.3 Å². The van der Waals surface area contributed by atoms with E-state index in [1.807, 2.05) is 60.7 Å². The summed E-state index contributed by atoms with van der Waals surface area (Å²) in [5, 5.41) is 14.0. The van der Waals surface area contributed by atoms with E-state index in [-0.39, 0.29) is 12.2 Å². The quantitative estimate of drug-likeness (QED) is 0.370. The van der Waals surface area contributed by atoms with Gasteiger partial charge in [0, 0.05) is 17.3 Å². The van der Waals surface area contributed by atoms with Gasteiger partial charge in [-0.3, -0.25) is 0 Å². The summed E-state index contributed by atoms with van der Waals surface area (Å²) in [6.07, 6.45) is 3.29. The summed E-state index contributed by atoms with van der Waals surface area (Å²) in [6.45, 7) is 1.90. The Bertz CT molecular complexity index is 1030. The molecule has 1 heterocycles. The van der Waals surface area contributed by atoms with Gasteiger partial charge in [0.15, 0.2) is 0 Å². The largest absolute Gasteiger partial charge is 0.497 e. The highest BCUT2D eigenvalue weighted by molar-refractivity contribution is 5.98. The van der Waals surface area contributed by atoms with Crippen LogP contribution in [0.2, 0.25) is 0 Å². The zero-order valence-electron chi connectivity index (χ0n) is 15.6. The van der Waals surface area contributed by atoms with Gasteiger partial charge < -0.3 is 9.47 Å². The summed E-state index contributed by atoms with van der Waals surface area (Å²) in [5.74, 6) is 0.0747. The van der Waals surface area contributed by atoms with Crippen LogP contribution in [-0.4, -0.2) is 29.5 Å². The Hall–Kier alpha value is -3.85. The molecule has 0 aliphatic rings. The molecule has 0 saturated carbocycles. The van der Waals surface area contributed by atoms with Crippen molar-refractivity contribution in [2.24, 2.45) is 0 Å². The third-order valence-corrected chi connectivity index (χ3v) is 4.04. The molecule has 0 aliphatic heterocycles. The summed E-state index contributed by atoms with van der Waals surface area (Å²) >= 11 is 0. The minimum Gasteiger partial charge on any atom is -0.497 e. The number of para-hydroxylation sites is 1. The second-order valence-electron chi connectivity index (χ2n) is 5.83. The summed E-state index contributed by atoms with van der Waals surface area (Å²) in [5.41, 5.74) is 2.90. The van der Waals surface area contributed by atoms with E-state index in [9.17, 15) is 10.1 Å². The molecule has 2 aromatic carbocycles. The molecule has 3 rings (SSSR count). The van der Waals surface area contributed by atoms with E-state index >= 15 is 0 Å². The van der Waals surface area contributed by atoms with Crippen LogP contribution in [0.3, 0.4) is 0 Å². The third kappa shape index (κ3) is 4.10. The first-order chi connectivity index (χ1) is 13.7. The van der Waals surface area contributed by atoms with Crippen LogP contribution < -0.4 is 4.74 Å². The number of hydrogen-bond donors (Lipinski definition) is 0. The molecule has 0 spiro atoms. The lowest BCUT2D eigenvalue weighted by Gasteiger charge is -2.03. The molecule has 3 aromatic rings. The minimum absolute atomic E-state index is 0.0794. The SMILES string of the molecule is CCOC(=O)C(C#N)=Cc1cn(-c2ccccc2)nc1-c1ccc(OC)cc1. The number of ether oxygens (including phenoxy) is 2. The topological polar surface area (TPSA) is 77.1 Å². The highest BCUT2D eigenvalue weighted by Gasteiger charge is 2.15. The Balaban J connectivity index is 2.12. The zero-order valence-corrected chi connectivity index (χ0v) is 15.6. The van der Waals surface area contributed by atoms with Crippen LogP contribution in [0.15, 0.2) is 66.4 Å². The van der Waals surface area contributed by atoms with Crippen molar-refractivity contribution in [3.8, 4) is 28.8 Å². The number of nitrogens with zero attached hydrogens (tertiary/aromatic N) is 3. The number of carbonyl (C=O) groups is 1. The Labute approximate surface area is 163 Å². The van der Waals surface area contributed by atoms with E-state index < -0.39 is 5.97 Å². The van der Waals surface area contributed by atoms with Gasteiger partial charge in [-0.15, -0.1) is 0 Å². The van der Waals surface area contributed by atoms with Gasteiger partial charge in [0.2, 0.25) is 0 Å². The number of rotatable bonds is 6. The fourth-order valence-corrected chi connectivity index (χ4v) is 2.68. The average Bonchev–Trinajstić information content (AvgIpc) is 3.16. The van der Waals surface area contributed by atoms with Gasteiger partial charge in [0.25, 0.3) is 0 Å². The second-order valence-corrected chi connectivity index (χ2v) is 5.83. The van der Waals surface area contributed by atoms with Crippen LogP contribution >= 0.6 is 0 Å². The minimum atomic E-state index is -0.654. The van der Waals surface area contributed by atoms with Crippen LogP contribution in [0.4, 0.5) is 0 Å². The van der Waals surface area contributed by atoms with Gasteiger partial charge in [-0.1, -0.05) is 18.2 Å². The number of carbonyl (C=O) groups excluding carboxylic acids is 1. The molecule has 0 saturated heterocycles. The molecular formula is C22H19N3O3. The molecule has 1 aromatic heterocycles. The van der Waals surface area contributed by atoms with E-state index in [4.69, 9.17) is 9.47 Å². The van der Waals surface area contributed by atoms with Crippen LogP contribution in [-0.2, 0) is 9.53 Å². The number of benzene rings is 2. The highest BCUT2D eigenvalue weighted by Crippen LogP contribution is 2.27. The number of esters is 1. The van der Waals surface area contributed by atoms with E-state index in [1.165, 1.54) is 6.08 Å². The lowest BCUT2D eigenvalue weighted by Crippen LogP contribution is -2.06. The molecule has 0 radical (unpaired) electrons. The molecule has 0 atom stereocenters. The standard InChI is InChI=1S/C22H19N3O3/c1-3-28-22(26)17(14-23)13-18-15-25(19-7-5-4-6-8-19)24-21(18)16-9-11-20(27-2)12-10-16/h4-13,15H,3H2,1-2H3. The maximum absolute atomic E-state index is 12.0. The molecule has 0 amide bonds. The number of methoxy groups -OCH3 is 1. The van der Waals surface area contributed by atoms with Crippen molar-refractivity contribution in [3.63, 3.8) is 0 Å². The van der Waals surface area contributed by atoms with Gasteiger partial charge in [-0.25, -0.2) is 9.48 Å². The van der Waals surface area contributed by atoms with Crippen molar-refractivity contribution in [3.05, 3.63) is 71.9 Å². The number of nitriles is 1. The normalized spacial score (nSPS) is 11.0. The highest BCUT2D eigenvalue weighted by atomic mass is 16.5. The first-order valence-corrected chi connectivity index (χ1v) is 8.74. The molecule has 0 aliphatic carbocycles. The monoisotopic (exact) mass is 373 g/mol. The van der Waals surface area contributed by atoms with Crippen LogP contribution in [0.25, 0.3) is 23.0 Å². The average molecular weight is 373 g/mol. The molecule has 0 N–H and O–H groups in total. The van der Waals surface area contributed by atoms with Crippen molar-refractivity contribution >= 4 is 12.0 Å². The number of hydrogen-bond acceptors (Lipinski definition) is 5. The Morgan fingerprint density at radius 3 is 2.50 bits per heavy atom. The first kappa shape index (κ1) is 18.9. The van der Waals surface area contributed by atoms with Gasteiger partial charge in [0.05, 0.1) is 25.1 Å². The van der Waals surface area contributed by atoms with Crippen LogP contribution in [0, 0.1) is 11.3 Å². The van der Waals surface area contributed by atoms with Gasteiger partial charge in [-0.05, 0) is 49.4 Å². The number of aromatic nitrogens is 2. The molecule has 0 unspecified atom stereocenters. The first-order valence-electron chi connectivity index (χ1n) is 8.74. The molecule has 0 bridgehead atoms. The van der Waals surface area contributed by atoms with E-state index in [1.54, 1.807) is 24.9 Å². The van der Waals surface area contributed by atoms with Gasteiger partial charge >= 0.3 is 5.97 Å². The van der Waals surface area contributed by atoms with Crippen molar-refractivity contribution < 1.29 is 14.3 Å². The van der Waals surface area contributed by atoms with E-state index in [2.05, 4.69) is 5.10 Å². The second kappa shape index (κ2) is 8.69. The Morgan fingerprint density at radius 1 is 1.18 bits per heavy atom. The maximum Gasteiger partial charge on any atom is 0.348 e. The van der Waals surface area contributed by atoms with Crippen molar-refractivity contribution in [2.75, 3.05) is 13.7 Å². The lowest BCUT2D eigenvalue weighted by molar-refractivity contribution is -0.137. The predicted molar refractivity (Wildman–Crippen MR) is 106 cm³/mol. The molecule has 28 heavy (non-hydrogen) atoms. The fraction of sp³-hybridized carbons (Fsp3) is 0.136. The molecule has 6 heteroatoms. The molecule has 140 valence electrons. The Kier molecular flexibility index (Phi) is 5.87. The zero-order chi connectivity index (χ0) is 19.9. The summed E-state index contributed by atoms with van der Waals surface area (Å²) in [4.78, 5) is 12.0. The summed E-state index contributed by atoms with van der Waals surface area (Å²) in [6, 6.07) is 18.9. The van der Waals surface area contributed by atoms with Gasteiger partial charge in [-0.2, -0.15) is 10.4 Å². The van der Waals surface area contributed by atoms with Crippen LogP contribution in [0.1, 0.15) is 12.5 Å². The summed E-state index contributed by atoms with van der Waals surface area (Å²) < 4.78 is 11.9. The van der Waals surface area contributed by atoms with Crippen LogP contribution in [0.5, 0.6) is 5.75 Å². The van der Waals surface area contributed by atoms with E-state index in [0.717, 1.165) is 17.0 Å². The smallest absolute Gasteiger partial charge is 0.348 e. The fourth-order valence-electron chi connectivity index (χ4n) is 2.68. The third-order valence-electron chi connectivity index (χ3n) is 4.04. The van der Waals surface area contributed by atoms with Crippen molar-refractivity contribution in [2.45, 2.75) is 6.92 Å². The van der Waals surface area contributed by atoms with Crippen molar-refractivity contribution in [1.29, 1.82) is 5.26 Å². The molecule has 0 fully saturated rings. The molecular weight excluding hydrogens is 354 g/mol. The predicted octanol–water partition coefficient (Wildman–Crippen LogP) is 4.02. The maximum atomic E-state index is 12.0. The summed E-state index contributed by atoms with van der Waals surface area (Å²) in [7, 11) is 1.60. The van der Waals surface area contributed by atoms with Gasteiger partial charge in [0.1, 0.15) is 17.4 Å². The van der Waals surface area contributed by atoms with Crippen molar-refractivity contribution in [1.82, 2.24) is 9.78 Å². The Morgan fingerprint density at radius 2 is 1.89 bits per heavy atom. The molecule has 6 nitrogen and oxygen atoms in total.